The molecule has 0 spiro atoms. The van der Waals surface area contributed by atoms with Crippen LogP contribution in [0.2, 0.25) is 0 Å². The van der Waals surface area contributed by atoms with Crippen LogP contribution >= 0.6 is 15.9 Å². The molecule has 2 aromatic rings. The van der Waals surface area contributed by atoms with Crippen molar-refractivity contribution in [2.24, 2.45) is 0 Å². The molecule has 2 heteroatoms. The van der Waals surface area contributed by atoms with Crippen molar-refractivity contribution in [2.75, 3.05) is 0 Å². The van der Waals surface area contributed by atoms with Crippen molar-refractivity contribution in [2.45, 2.75) is 38.8 Å². The molecule has 1 N–H and O–H groups in total. The topological polar surface area (TPSA) is 12.0 Å². The van der Waals surface area contributed by atoms with Gasteiger partial charge < -0.3 is 5.32 Å². The molecule has 0 aliphatic carbocycles. The molecule has 20 heavy (non-hydrogen) atoms. The summed E-state index contributed by atoms with van der Waals surface area (Å²) < 4.78 is 1.13. The van der Waals surface area contributed by atoms with Crippen LogP contribution in [-0.2, 0) is 6.42 Å². The lowest BCUT2D eigenvalue weighted by atomic mass is 10.0. The Morgan fingerprint density at radius 2 is 1.65 bits per heavy atom. The van der Waals surface area contributed by atoms with Crippen LogP contribution in [0.15, 0.2) is 59.1 Å². The van der Waals surface area contributed by atoms with Gasteiger partial charge in [0.15, 0.2) is 0 Å². The number of hydrogen-bond acceptors (Lipinski definition) is 1. The first-order valence-electron chi connectivity index (χ1n) is 7.24. The van der Waals surface area contributed by atoms with E-state index >= 15 is 0 Å². The van der Waals surface area contributed by atoms with E-state index in [0.29, 0.717) is 12.1 Å². The zero-order valence-electron chi connectivity index (χ0n) is 12.1. The van der Waals surface area contributed by atoms with Gasteiger partial charge in [0.1, 0.15) is 0 Å². The first-order chi connectivity index (χ1) is 9.69. The minimum absolute atomic E-state index is 0.418. The Balaban J connectivity index is 1.97. The molecule has 2 rings (SSSR count). The molecule has 0 amide bonds. The molecule has 0 radical (unpaired) electrons. The number of benzene rings is 2. The number of nitrogens with one attached hydrogen (secondary N) is 1. The maximum absolute atomic E-state index is 3.74. The Morgan fingerprint density at radius 1 is 1.00 bits per heavy atom. The molecule has 0 fully saturated rings. The van der Waals surface area contributed by atoms with Crippen molar-refractivity contribution in [1.29, 1.82) is 0 Å². The van der Waals surface area contributed by atoms with Gasteiger partial charge in [-0.3, -0.25) is 0 Å². The molecule has 2 aromatic carbocycles. The SMILES string of the molecule is CCC(NC(C)Cc1ccccc1)c1ccc(Br)cc1. The van der Waals surface area contributed by atoms with Crippen LogP contribution in [0, 0.1) is 0 Å². The standard InChI is InChI=1S/C18H22BrN/c1-3-18(16-9-11-17(19)12-10-16)20-14(2)13-15-7-5-4-6-8-15/h4-12,14,18,20H,3,13H2,1-2H3. The summed E-state index contributed by atoms with van der Waals surface area (Å²) in [5.74, 6) is 0. The second kappa shape index (κ2) is 7.61. The lowest BCUT2D eigenvalue weighted by Crippen LogP contribution is -2.31. The molecule has 0 saturated heterocycles. The van der Waals surface area contributed by atoms with Crippen molar-refractivity contribution in [1.82, 2.24) is 5.32 Å². The Bertz CT molecular complexity index is 507. The van der Waals surface area contributed by atoms with Crippen LogP contribution in [0.4, 0.5) is 0 Å². The van der Waals surface area contributed by atoms with Gasteiger partial charge in [0.25, 0.3) is 0 Å². The molecular weight excluding hydrogens is 310 g/mol. The summed E-state index contributed by atoms with van der Waals surface area (Å²) in [6.07, 6.45) is 2.16. The highest BCUT2D eigenvalue weighted by Gasteiger charge is 2.12. The number of halogens is 1. The molecule has 0 aliphatic rings. The van der Waals surface area contributed by atoms with Gasteiger partial charge in [0.05, 0.1) is 0 Å². The quantitative estimate of drug-likeness (QED) is 0.774. The normalized spacial score (nSPS) is 13.9. The van der Waals surface area contributed by atoms with Gasteiger partial charge in [-0.05, 0) is 43.0 Å². The molecule has 106 valence electrons. The summed E-state index contributed by atoms with van der Waals surface area (Å²) in [6, 6.07) is 20.2. The Morgan fingerprint density at radius 3 is 2.25 bits per heavy atom. The fraction of sp³-hybridized carbons (Fsp3) is 0.333. The maximum atomic E-state index is 3.74. The van der Waals surface area contributed by atoms with E-state index < -0.39 is 0 Å². The van der Waals surface area contributed by atoms with Gasteiger partial charge in [0, 0.05) is 16.6 Å². The van der Waals surface area contributed by atoms with Crippen LogP contribution in [0.1, 0.15) is 37.4 Å². The van der Waals surface area contributed by atoms with Crippen LogP contribution < -0.4 is 5.32 Å². The van der Waals surface area contributed by atoms with E-state index in [-0.39, 0.29) is 0 Å². The van der Waals surface area contributed by atoms with Crippen molar-refractivity contribution < 1.29 is 0 Å². The third kappa shape index (κ3) is 4.46. The lowest BCUT2D eigenvalue weighted by Gasteiger charge is -2.23. The minimum atomic E-state index is 0.418. The predicted octanol–water partition coefficient (Wildman–Crippen LogP) is 5.12. The van der Waals surface area contributed by atoms with Gasteiger partial charge in [-0.2, -0.15) is 0 Å². The van der Waals surface area contributed by atoms with Crippen molar-refractivity contribution in [3.05, 3.63) is 70.2 Å². The van der Waals surface area contributed by atoms with E-state index in [1.165, 1.54) is 11.1 Å². The minimum Gasteiger partial charge on any atom is -0.307 e. The molecule has 2 unspecified atom stereocenters. The molecule has 2 atom stereocenters. The summed E-state index contributed by atoms with van der Waals surface area (Å²) in [6.45, 7) is 4.49. The Hall–Kier alpha value is -1.12. The largest absolute Gasteiger partial charge is 0.307 e. The first-order valence-corrected chi connectivity index (χ1v) is 8.03. The third-order valence-corrected chi connectivity index (χ3v) is 4.08. The average Bonchev–Trinajstić information content (AvgIpc) is 2.47. The van der Waals surface area contributed by atoms with E-state index in [4.69, 9.17) is 0 Å². The number of rotatable bonds is 6. The maximum Gasteiger partial charge on any atom is 0.0320 e. The summed E-state index contributed by atoms with van der Waals surface area (Å²) in [7, 11) is 0. The molecule has 0 saturated carbocycles. The van der Waals surface area contributed by atoms with E-state index in [9.17, 15) is 0 Å². The monoisotopic (exact) mass is 331 g/mol. The van der Waals surface area contributed by atoms with E-state index in [2.05, 4.69) is 89.7 Å². The summed E-state index contributed by atoms with van der Waals surface area (Å²) >= 11 is 3.49. The van der Waals surface area contributed by atoms with Gasteiger partial charge in [-0.1, -0.05) is 65.3 Å². The fourth-order valence-corrected chi connectivity index (χ4v) is 2.78. The predicted molar refractivity (Wildman–Crippen MR) is 89.9 cm³/mol. The molecular formula is C18H22BrN. The lowest BCUT2D eigenvalue weighted by molar-refractivity contribution is 0.443. The summed E-state index contributed by atoms with van der Waals surface area (Å²) in [4.78, 5) is 0. The van der Waals surface area contributed by atoms with Gasteiger partial charge in [0.2, 0.25) is 0 Å². The zero-order valence-corrected chi connectivity index (χ0v) is 13.7. The number of hydrogen-bond donors (Lipinski definition) is 1. The first kappa shape index (κ1) is 15.3. The summed E-state index contributed by atoms with van der Waals surface area (Å²) in [5, 5.41) is 3.74. The zero-order chi connectivity index (χ0) is 14.4. The second-order valence-corrected chi connectivity index (χ2v) is 6.19. The van der Waals surface area contributed by atoms with Gasteiger partial charge in [-0.25, -0.2) is 0 Å². The van der Waals surface area contributed by atoms with Crippen LogP contribution in [0.25, 0.3) is 0 Å². The second-order valence-electron chi connectivity index (χ2n) is 5.27. The van der Waals surface area contributed by atoms with Crippen LogP contribution in [0.3, 0.4) is 0 Å². The highest BCUT2D eigenvalue weighted by Crippen LogP contribution is 2.20. The van der Waals surface area contributed by atoms with E-state index in [1.807, 2.05) is 0 Å². The summed E-state index contributed by atoms with van der Waals surface area (Å²) in [5.41, 5.74) is 2.74. The van der Waals surface area contributed by atoms with Crippen molar-refractivity contribution >= 4 is 15.9 Å². The van der Waals surface area contributed by atoms with Gasteiger partial charge in [-0.15, -0.1) is 0 Å². The highest BCUT2D eigenvalue weighted by atomic mass is 79.9. The fourth-order valence-electron chi connectivity index (χ4n) is 2.51. The molecule has 0 aromatic heterocycles. The highest BCUT2D eigenvalue weighted by molar-refractivity contribution is 9.10. The molecule has 0 bridgehead atoms. The van der Waals surface area contributed by atoms with Crippen molar-refractivity contribution in [3.63, 3.8) is 0 Å². The Labute approximate surface area is 130 Å². The van der Waals surface area contributed by atoms with E-state index in [1.54, 1.807) is 0 Å². The molecule has 1 nitrogen and oxygen atoms in total. The van der Waals surface area contributed by atoms with Crippen LogP contribution in [-0.4, -0.2) is 6.04 Å². The molecule has 0 aliphatic heterocycles. The average molecular weight is 332 g/mol. The molecule has 0 heterocycles. The van der Waals surface area contributed by atoms with Crippen LogP contribution in [0.5, 0.6) is 0 Å². The Kier molecular flexibility index (Phi) is 5.81. The third-order valence-electron chi connectivity index (χ3n) is 3.55. The van der Waals surface area contributed by atoms with Crippen molar-refractivity contribution in [3.8, 4) is 0 Å². The smallest absolute Gasteiger partial charge is 0.0320 e. The van der Waals surface area contributed by atoms with E-state index in [0.717, 1.165) is 17.3 Å². The van der Waals surface area contributed by atoms with Gasteiger partial charge >= 0.3 is 0 Å².